The maximum Gasteiger partial charge on any atom is 0.138 e. The van der Waals surface area contributed by atoms with Gasteiger partial charge in [-0.2, -0.15) is 0 Å². The number of rotatable bonds is 8. The highest BCUT2D eigenvalue weighted by molar-refractivity contribution is 6.32. The average Bonchev–Trinajstić information content (AvgIpc) is 2.30. The Morgan fingerprint density at radius 1 is 1.21 bits per heavy atom. The highest BCUT2D eigenvalue weighted by atomic mass is 35.5. The van der Waals surface area contributed by atoms with E-state index in [1.807, 2.05) is 25.1 Å². The van der Waals surface area contributed by atoms with Crippen molar-refractivity contribution in [2.24, 2.45) is 11.7 Å². The Kier molecular flexibility index (Phi) is 7.21. The molecular weight excluding hydrogens is 262 g/mol. The van der Waals surface area contributed by atoms with Crippen LogP contribution in [0.3, 0.4) is 0 Å². The molecule has 0 aromatic heterocycles. The molecule has 4 heteroatoms. The van der Waals surface area contributed by atoms with Gasteiger partial charge >= 0.3 is 0 Å². The maximum absolute atomic E-state index is 6.17. The van der Waals surface area contributed by atoms with Gasteiger partial charge in [-0.15, -0.1) is 0 Å². The van der Waals surface area contributed by atoms with E-state index in [-0.39, 0.29) is 6.04 Å². The predicted octanol–water partition coefficient (Wildman–Crippen LogP) is 3.28. The highest BCUT2D eigenvalue weighted by Crippen LogP contribution is 2.25. The van der Waals surface area contributed by atoms with Crippen LogP contribution in [0, 0.1) is 5.92 Å². The largest absolute Gasteiger partial charge is 0.490 e. The summed E-state index contributed by atoms with van der Waals surface area (Å²) in [6, 6.07) is 5.93. The molecule has 0 radical (unpaired) electrons. The Balaban J connectivity index is 2.38. The molecule has 1 aromatic rings. The molecule has 0 aliphatic heterocycles. The molecule has 0 saturated carbocycles. The minimum absolute atomic E-state index is 0.132. The summed E-state index contributed by atoms with van der Waals surface area (Å²) in [6.45, 7) is 8.06. The lowest BCUT2D eigenvalue weighted by Crippen LogP contribution is -2.17. The van der Waals surface area contributed by atoms with Gasteiger partial charge in [-0.25, -0.2) is 0 Å². The first-order chi connectivity index (χ1) is 8.99. The molecule has 0 saturated heterocycles. The van der Waals surface area contributed by atoms with Gasteiger partial charge in [-0.1, -0.05) is 31.5 Å². The van der Waals surface area contributed by atoms with Gasteiger partial charge in [0.05, 0.1) is 11.6 Å². The zero-order chi connectivity index (χ0) is 14.3. The molecule has 1 rings (SSSR count). The first-order valence-corrected chi connectivity index (χ1v) is 7.11. The fourth-order valence-electron chi connectivity index (χ4n) is 1.69. The fourth-order valence-corrected chi connectivity index (χ4v) is 1.95. The molecule has 0 aliphatic rings. The number of nitrogens with two attached hydrogens (primary N) is 1. The van der Waals surface area contributed by atoms with E-state index >= 15 is 0 Å². The third-order valence-corrected chi connectivity index (χ3v) is 2.79. The quantitative estimate of drug-likeness (QED) is 0.746. The van der Waals surface area contributed by atoms with Gasteiger partial charge in [0.2, 0.25) is 0 Å². The lowest BCUT2D eigenvalue weighted by Gasteiger charge is -2.11. The van der Waals surface area contributed by atoms with Gasteiger partial charge in [0.1, 0.15) is 12.4 Å². The molecule has 3 nitrogen and oxygen atoms in total. The molecule has 1 aromatic carbocycles. The van der Waals surface area contributed by atoms with E-state index in [9.17, 15) is 0 Å². The monoisotopic (exact) mass is 285 g/mol. The summed E-state index contributed by atoms with van der Waals surface area (Å²) in [5.41, 5.74) is 6.89. The van der Waals surface area contributed by atoms with E-state index in [0.29, 0.717) is 29.9 Å². The van der Waals surface area contributed by atoms with Crippen molar-refractivity contribution in [3.05, 3.63) is 28.8 Å². The Bertz CT molecular complexity index is 380. The lowest BCUT2D eigenvalue weighted by molar-refractivity contribution is 0.0819. The van der Waals surface area contributed by atoms with Crippen LogP contribution >= 0.6 is 11.6 Å². The van der Waals surface area contributed by atoms with E-state index in [4.69, 9.17) is 26.8 Å². The molecule has 1 atom stereocenters. The van der Waals surface area contributed by atoms with Crippen molar-refractivity contribution in [2.45, 2.75) is 33.2 Å². The summed E-state index contributed by atoms with van der Waals surface area (Å²) in [4.78, 5) is 0. The van der Waals surface area contributed by atoms with Crippen molar-refractivity contribution in [3.63, 3.8) is 0 Å². The van der Waals surface area contributed by atoms with E-state index < -0.39 is 0 Å². The summed E-state index contributed by atoms with van der Waals surface area (Å²) in [5.74, 6) is 1.24. The molecule has 0 amide bonds. The normalized spacial score (nSPS) is 12.7. The van der Waals surface area contributed by atoms with Crippen LogP contribution in [0.4, 0.5) is 0 Å². The second kappa shape index (κ2) is 8.41. The Morgan fingerprint density at radius 3 is 2.53 bits per heavy atom. The van der Waals surface area contributed by atoms with Gasteiger partial charge in [-0.05, 0) is 37.0 Å². The van der Waals surface area contributed by atoms with Gasteiger partial charge < -0.3 is 15.2 Å². The Hall–Kier alpha value is -0.770. The molecule has 0 fully saturated rings. The number of halogens is 1. The second-order valence-electron chi connectivity index (χ2n) is 5.26. The first-order valence-electron chi connectivity index (χ1n) is 6.73. The fraction of sp³-hybridized carbons (Fsp3) is 0.600. The van der Waals surface area contributed by atoms with Gasteiger partial charge in [0.25, 0.3) is 0 Å². The lowest BCUT2D eigenvalue weighted by atomic mass is 10.1. The number of hydrogen-bond donors (Lipinski definition) is 1. The number of ether oxygens (including phenoxy) is 2. The van der Waals surface area contributed by atoms with Crippen LogP contribution in [-0.4, -0.2) is 25.9 Å². The minimum Gasteiger partial charge on any atom is -0.490 e. The number of hydrogen-bond acceptors (Lipinski definition) is 3. The summed E-state index contributed by atoms with van der Waals surface area (Å²) < 4.78 is 11.0. The van der Waals surface area contributed by atoms with Crippen LogP contribution in [0.1, 0.15) is 26.3 Å². The molecule has 108 valence electrons. The molecule has 1 unspecified atom stereocenters. The molecule has 2 N–H and O–H groups in total. The van der Waals surface area contributed by atoms with Crippen LogP contribution in [0.5, 0.6) is 5.75 Å². The van der Waals surface area contributed by atoms with Crippen LogP contribution in [0.2, 0.25) is 5.02 Å². The van der Waals surface area contributed by atoms with E-state index in [0.717, 1.165) is 18.6 Å². The summed E-state index contributed by atoms with van der Waals surface area (Å²) in [6.07, 6.45) is 0.817. The van der Waals surface area contributed by atoms with Gasteiger partial charge in [0.15, 0.2) is 0 Å². The SMILES string of the molecule is CC(C)COCCOc1ccc(CC(C)N)cc1Cl. The van der Waals surface area contributed by atoms with Crippen LogP contribution < -0.4 is 10.5 Å². The highest BCUT2D eigenvalue weighted by Gasteiger charge is 2.05. The maximum atomic E-state index is 6.17. The van der Waals surface area contributed by atoms with Crippen molar-refractivity contribution in [1.29, 1.82) is 0 Å². The van der Waals surface area contributed by atoms with Crippen molar-refractivity contribution >= 4 is 11.6 Å². The van der Waals surface area contributed by atoms with Crippen LogP contribution in [0.15, 0.2) is 18.2 Å². The second-order valence-corrected chi connectivity index (χ2v) is 5.67. The van der Waals surface area contributed by atoms with Crippen LogP contribution in [-0.2, 0) is 11.2 Å². The zero-order valence-corrected chi connectivity index (χ0v) is 12.7. The Morgan fingerprint density at radius 2 is 1.95 bits per heavy atom. The van der Waals surface area contributed by atoms with Gasteiger partial charge in [0, 0.05) is 12.6 Å². The third kappa shape index (κ3) is 6.81. The van der Waals surface area contributed by atoms with E-state index in [1.165, 1.54) is 0 Å². The van der Waals surface area contributed by atoms with E-state index in [1.54, 1.807) is 0 Å². The zero-order valence-electron chi connectivity index (χ0n) is 12.0. The summed E-state index contributed by atoms with van der Waals surface area (Å²) in [5, 5.41) is 0.627. The van der Waals surface area contributed by atoms with Crippen molar-refractivity contribution in [2.75, 3.05) is 19.8 Å². The van der Waals surface area contributed by atoms with Gasteiger partial charge in [-0.3, -0.25) is 0 Å². The smallest absolute Gasteiger partial charge is 0.138 e. The van der Waals surface area contributed by atoms with Crippen LogP contribution in [0.25, 0.3) is 0 Å². The standard InChI is InChI=1S/C15H24ClNO2/c1-11(2)10-18-6-7-19-15-5-4-13(8-12(3)17)9-14(15)16/h4-5,9,11-12H,6-8,10,17H2,1-3H3. The minimum atomic E-state index is 0.132. The molecular formula is C15H24ClNO2. The third-order valence-electron chi connectivity index (χ3n) is 2.49. The van der Waals surface area contributed by atoms with Crippen molar-refractivity contribution < 1.29 is 9.47 Å². The topological polar surface area (TPSA) is 44.5 Å². The molecule has 19 heavy (non-hydrogen) atoms. The summed E-state index contributed by atoms with van der Waals surface area (Å²) in [7, 11) is 0. The molecule has 0 spiro atoms. The van der Waals surface area contributed by atoms with E-state index in [2.05, 4.69) is 13.8 Å². The molecule has 0 heterocycles. The summed E-state index contributed by atoms with van der Waals surface area (Å²) >= 11 is 6.17. The number of benzene rings is 1. The molecule has 0 aliphatic carbocycles. The molecule has 0 bridgehead atoms. The Labute approximate surface area is 121 Å². The first kappa shape index (κ1) is 16.3. The average molecular weight is 286 g/mol. The van der Waals surface area contributed by atoms with Crippen molar-refractivity contribution in [3.8, 4) is 5.75 Å². The predicted molar refractivity (Wildman–Crippen MR) is 80.0 cm³/mol. The van der Waals surface area contributed by atoms with Crippen molar-refractivity contribution in [1.82, 2.24) is 0 Å².